The SMILES string of the molecule is Bc1c[nH]nn1. The van der Waals surface area contributed by atoms with Crippen LogP contribution in [0.2, 0.25) is 0 Å². The molecule has 0 saturated carbocycles. The largest absolute Gasteiger partial charge is 0.266 e. The molecule has 0 atom stereocenters. The van der Waals surface area contributed by atoms with Crippen LogP contribution in [0.5, 0.6) is 0 Å². The second-order valence-electron chi connectivity index (χ2n) is 1.11. The van der Waals surface area contributed by atoms with E-state index >= 15 is 0 Å². The van der Waals surface area contributed by atoms with Crippen molar-refractivity contribution < 1.29 is 0 Å². The maximum atomic E-state index is 3.61. The minimum Gasteiger partial charge on any atom is -0.266 e. The molecule has 1 rings (SSSR count). The second kappa shape index (κ2) is 1.12. The molecule has 0 spiro atoms. The van der Waals surface area contributed by atoms with Gasteiger partial charge in [0.15, 0.2) is 7.85 Å². The summed E-state index contributed by atoms with van der Waals surface area (Å²) in [5, 5.41) is 9.63. The van der Waals surface area contributed by atoms with Crippen LogP contribution in [0.1, 0.15) is 0 Å². The first-order valence-corrected chi connectivity index (χ1v) is 1.72. The van der Waals surface area contributed by atoms with Gasteiger partial charge in [0, 0.05) is 11.8 Å². The highest BCUT2D eigenvalue weighted by Crippen LogP contribution is 1.50. The average Bonchev–Trinajstić information content (AvgIpc) is 1.86. The molecule has 30 valence electrons. The first-order chi connectivity index (χ1) is 2.89. The van der Waals surface area contributed by atoms with Crippen LogP contribution >= 0.6 is 0 Å². The standard InChI is InChI=1S/C2H4BN3/c3-2-1-4-6-5-2/h1H,3H2,(H,4,5,6). The smallest absolute Gasteiger partial charge is 0.168 e. The predicted octanol–water partition coefficient (Wildman–Crippen LogP) is -1.94. The first kappa shape index (κ1) is 3.40. The van der Waals surface area contributed by atoms with Gasteiger partial charge in [-0.25, -0.2) is 0 Å². The molecular formula is C2H4BN3. The molecule has 0 aliphatic heterocycles. The zero-order valence-electron chi connectivity index (χ0n) is 3.47. The molecular weight excluding hydrogens is 76.9 g/mol. The molecule has 0 aliphatic rings. The normalized spacial score (nSPS) is 8.67. The van der Waals surface area contributed by atoms with E-state index < -0.39 is 0 Å². The van der Waals surface area contributed by atoms with E-state index in [9.17, 15) is 0 Å². The molecule has 0 aliphatic carbocycles. The lowest BCUT2D eigenvalue weighted by Crippen LogP contribution is -2.00. The Morgan fingerprint density at radius 3 is 2.83 bits per heavy atom. The molecule has 3 nitrogen and oxygen atoms in total. The number of rotatable bonds is 0. The van der Waals surface area contributed by atoms with Gasteiger partial charge < -0.3 is 0 Å². The lowest BCUT2D eigenvalue weighted by molar-refractivity contribution is 0.946. The molecule has 0 unspecified atom stereocenters. The highest BCUT2D eigenvalue weighted by atomic mass is 15.3. The summed E-state index contributed by atoms with van der Waals surface area (Å²) in [4.78, 5) is 0. The van der Waals surface area contributed by atoms with E-state index in [-0.39, 0.29) is 0 Å². The van der Waals surface area contributed by atoms with Crippen molar-refractivity contribution in [1.82, 2.24) is 15.4 Å². The molecule has 0 bridgehead atoms. The molecule has 0 aromatic carbocycles. The van der Waals surface area contributed by atoms with Gasteiger partial charge in [0.1, 0.15) is 0 Å². The van der Waals surface area contributed by atoms with Gasteiger partial charge in [0.2, 0.25) is 0 Å². The first-order valence-electron chi connectivity index (χ1n) is 1.72. The van der Waals surface area contributed by atoms with Crippen LogP contribution < -0.4 is 5.59 Å². The minimum absolute atomic E-state index is 0.926. The van der Waals surface area contributed by atoms with E-state index in [2.05, 4.69) is 15.4 Å². The second-order valence-corrected chi connectivity index (χ2v) is 1.11. The molecule has 1 N–H and O–H groups in total. The molecule has 1 aromatic heterocycles. The van der Waals surface area contributed by atoms with Crippen LogP contribution in [0.4, 0.5) is 0 Å². The van der Waals surface area contributed by atoms with Crippen molar-refractivity contribution in [3.05, 3.63) is 6.20 Å². The van der Waals surface area contributed by atoms with Gasteiger partial charge in [-0.2, -0.15) is 0 Å². The summed E-state index contributed by atoms with van der Waals surface area (Å²) >= 11 is 0. The van der Waals surface area contributed by atoms with Gasteiger partial charge in [-0.15, -0.1) is 5.10 Å². The van der Waals surface area contributed by atoms with Crippen LogP contribution in [-0.2, 0) is 0 Å². The number of aromatic amines is 1. The monoisotopic (exact) mass is 81.0 g/mol. The van der Waals surface area contributed by atoms with Gasteiger partial charge in [-0.1, -0.05) is 5.21 Å². The van der Waals surface area contributed by atoms with Crippen LogP contribution in [0.3, 0.4) is 0 Å². The highest BCUT2D eigenvalue weighted by Gasteiger charge is 1.76. The average molecular weight is 80.9 g/mol. The van der Waals surface area contributed by atoms with Crippen molar-refractivity contribution in [3.8, 4) is 0 Å². The number of aromatic nitrogens is 3. The fourth-order valence-corrected chi connectivity index (χ4v) is 0.259. The van der Waals surface area contributed by atoms with Crippen molar-refractivity contribution in [2.75, 3.05) is 0 Å². The molecule has 6 heavy (non-hydrogen) atoms. The maximum Gasteiger partial charge on any atom is 0.168 e. The number of nitrogens with one attached hydrogen (secondary N) is 1. The zero-order valence-corrected chi connectivity index (χ0v) is 3.47. The van der Waals surface area contributed by atoms with E-state index in [0.29, 0.717) is 0 Å². The van der Waals surface area contributed by atoms with Crippen molar-refractivity contribution in [1.29, 1.82) is 0 Å². The zero-order chi connectivity index (χ0) is 4.41. The summed E-state index contributed by atoms with van der Waals surface area (Å²) in [6.07, 6.45) is 1.74. The lowest BCUT2D eigenvalue weighted by Gasteiger charge is -1.60. The Morgan fingerprint density at radius 1 is 1.83 bits per heavy atom. The molecule has 0 fully saturated rings. The lowest BCUT2D eigenvalue weighted by atomic mass is 10.1. The summed E-state index contributed by atoms with van der Waals surface area (Å²) < 4.78 is 0. The Hall–Kier alpha value is -0.795. The van der Waals surface area contributed by atoms with Crippen molar-refractivity contribution in [2.24, 2.45) is 0 Å². The Kier molecular flexibility index (Phi) is 0.635. The van der Waals surface area contributed by atoms with Crippen molar-refractivity contribution in [2.45, 2.75) is 0 Å². The third kappa shape index (κ3) is 0.405. The van der Waals surface area contributed by atoms with Crippen LogP contribution in [0.25, 0.3) is 0 Å². The number of hydrogen-bond donors (Lipinski definition) is 1. The summed E-state index contributed by atoms with van der Waals surface area (Å²) in [5.74, 6) is 0. The number of nitrogens with zero attached hydrogens (tertiary/aromatic N) is 2. The van der Waals surface area contributed by atoms with Crippen LogP contribution in [0.15, 0.2) is 6.20 Å². The van der Waals surface area contributed by atoms with Gasteiger partial charge in [-0.3, -0.25) is 5.10 Å². The Labute approximate surface area is 36.2 Å². The molecule has 1 heterocycles. The number of H-pyrrole nitrogens is 1. The van der Waals surface area contributed by atoms with E-state index in [1.54, 1.807) is 6.20 Å². The molecule has 4 heteroatoms. The van der Waals surface area contributed by atoms with E-state index in [4.69, 9.17) is 0 Å². The van der Waals surface area contributed by atoms with Crippen molar-refractivity contribution >= 4 is 13.4 Å². The Balaban J connectivity index is 3.05. The summed E-state index contributed by atoms with van der Waals surface area (Å²) in [6.45, 7) is 0. The summed E-state index contributed by atoms with van der Waals surface area (Å²) in [6, 6.07) is 0. The Bertz CT molecular complexity index is 112. The van der Waals surface area contributed by atoms with Crippen LogP contribution in [-0.4, -0.2) is 23.3 Å². The minimum atomic E-state index is 0.926. The van der Waals surface area contributed by atoms with E-state index in [1.165, 1.54) is 0 Å². The number of hydrogen-bond acceptors (Lipinski definition) is 2. The Morgan fingerprint density at radius 2 is 2.67 bits per heavy atom. The maximum absolute atomic E-state index is 3.61. The van der Waals surface area contributed by atoms with E-state index in [1.807, 2.05) is 7.85 Å². The third-order valence-corrected chi connectivity index (χ3v) is 0.539. The van der Waals surface area contributed by atoms with Gasteiger partial charge in [0.05, 0.1) is 0 Å². The molecule has 1 aromatic rings. The fourth-order valence-electron chi connectivity index (χ4n) is 0.259. The van der Waals surface area contributed by atoms with Gasteiger partial charge in [-0.05, 0) is 0 Å². The quantitative estimate of drug-likeness (QED) is 0.369. The fraction of sp³-hybridized carbons (Fsp3) is 0. The van der Waals surface area contributed by atoms with Gasteiger partial charge >= 0.3 is 0 Å². The topological polar surface area (TPSA) is 41.6 Å². The molecule has 0 radical (unpaired) electrons. The third-order valence-electron chi connectivity index (χ3n) is 0.539. The molecule has 0 amide bonds. The molecule has 0 saturated heterocycles. The van der Waals surface area contributed by atoms with Crippen LogP contribution in [0, 0.1) is 0 Å². The highest BCUT2D eigenvalue weighted by molar-refractivity contribution is 6.30. The summed E-state index contributed by atoms with van der Waals surface area (Å²) in [5.41, 5.74) is 0.926. The van der Waals surface area contributed by atoms with Gasteiger partial charge in [0.25, 0.3) is 0 Å². The summed E-state index contributed by atoms with van der Waals surface area (Å²) in [7, 11) is 1.88. The van der Waals surface area contributed by atoms with E-state index in [0.717, 1.165) is 5.59 Å². The van der Waals surface area contributed by atoms with Crippen molar-refractivity contribution in [3.63, 3.8) is 0 Å². The predicted molar refractivity (Wildman–Crippen MR) is 24.6 cm³/mol.